The molecular weight excluding hydrogens is 176 g/mol. The summed E-state index contributed by atoms with van der Waals surface area (Å²) in [4.78, 5) is 5.08. The summed E-state index contributed by atoms with van der Waals surface area (Å²) in [5.74, 6) is 0. The summed E-state index contributed by atoms with van der Waals surface area (Å²) in [6, 6.07) is 1.56. The van der Waals surface area contributed by atoms with Crippen molar-refractivity contribution >= 4 is 0 Å². The molecule has 0 N–H and O–H groups in total. The highest BCUT2D eigenvalue weighted by atomic mass is 16.5. The van der Waals surface area contributed by atoms with Crippen LogP contribution in [-0.2, 0) is 4.74 Å². The zero-order chi connectivity index (χ0) is 9.97. The monoisotopic (exact) mass is 198 g/mol. The average molecular weight is 198 g/mol. The Kier molecular flexibility index (Phi) is 3.42. The molecule has 0 aromatic rings. The van der Waals surface area contributed by atoms with E-state index in [4.69, 9.17) is 4.74 Å². The topological polar surface area (TPSA) is 15.7 Å². The molecule has 0 bridgehead atoms. The molecule has 2 aliphatic heterocycles. The summed E-state index contributed by atoms with van der Waals surface area (Å²) in [5.41, 5.74) is 0. The van der Waals surface area contributed by atoms with Gasteiger partial charge in [0.2, 0.25) is 0 Å². The lowest BCUT2D eigenvalue weighted by Gasteiger charge is -2.43. The van der Waals surface area contributed by atoms with E-state index in [2.05, 4.69) is 23.8 Å². The van der Waals surface area contributed by atoms with Gasteiger partial charge in [-0.1, -0.05) is 6.92 Å². The molecule has 0 aromatic carbocycles. The van der Waals surface area contributed by atoms with E-state index in [1.807, 2.05) is 0 Å². The van der Waals surface area contributed by atoms with Gasteiger partial charge in [0.15, 0.2) is 0 Å². The fourth-order valence-electron chi connectivity index (χ4n) is 2.38. The zero-order valence-corrected chi connectivity index (χ0v) is 9.41. The van der Waals surface area contributed by atoms with Gasteiger partial charge >= 0.3 is 0 Å². The number of hydrogen-bond donors (Lipinski definition) is 0. The van der Waals surface area contributed by atoms with Crippen LogP contribution in [0.3, 0.4) is 0 Å². The van der Waals surface area contributed by atoms with Crippen LogP contribution in [0.15, 0.2) is 0 Å². The number of hydrogen-bond acceptors (Lipinski definition) is 3. The van der Waals surface area contributed by atoms with E-state index in [0.29, 0.717) is 0 Å². The average Bonchev–Trinajstić information content (AvgIpc) is 2.15. The fourth-order valence-corrected chi connectivity index (χ4v) is 2.38. The summed E-state index contributed by atoms with van der Waals surface area (Å²) >= 11 is 0. The van der Waals surface area contributed by atoms with Crippen molar-refractivity contribution in [2.75, 3.05) is 39.9 Å². The van der Waals surface area contributed by atoms with Gasteiger partial charge in [-0.15, -0.1) is 0 Å². The number of rotatable bonds is 3. The maximum Gasteiger partial charge on any atom is 0.0645 e. The van der Waals surface area contributed by atoms with Crippen molar-refractivity contribution in [1.82, 2.24) is 9.80 Å². The van der Waals surface area contributed by atoms with Gasteiger partial charge in [-0.25, -0.2) is 0 Å². The maximum atomic E-state index is 5.23. The molecule has 2 aliphatic rings. The van der Waals surface area contributed by atoms with E-state index in [9.17, 15) is 0 Å². The lowest BCUT2D eigenvalue weighted by atomic mass is 10.0. The quantitative estimate of drug-likeness (QED) is 0.667. The Bertz CT molecular complexity index is 161. The van der Waals surface area contributed by atoms with Crippen molar-refractivity contribution in [3.05, 3.63) is 0 Å². The number of likely N-dealkylation sites (tertiary alicyclic amines) is 1. The molecule has 0 aromatic heterocycles. The molecule has 2 rings (SSSR count). The first-order valence-electron chi connectivity index (χ1n) is 5.83. The SMILES string of the molecule is CCN(C)C1CCN(C2COC2)CC1. The second-order valence-corrected chi connectivity index (χ2v) is 4.53. The lowest BCUT2D eigenvalue weighted by molar-refractivity contribution is -0.0752. The lowest BCUT2D eigenvalue weighted by Crippen LogP contribution is -2.54. The van der Waals surface area contributed by atoms with Crippen LogP contribution >= 0.6 is 0 Å². The summed E-state index contributed by atoms with van der Waals surface area (Å²) in [7, 11) is 2.24. The molecule has 0 radical (unpaired) electrons. The second kappa shape index (κ2) is 4.60. The van der Waals surface area contributed by atoms with Crippen LogP contribution in [0.2, 0.25) is 0 Å². The van der Waals surface area contributed by atoms with Crippen molar-refractivity contribution in [2.24, 2.45) is 0 Å². The summed E-state index contributed by atoms with van der Waals surface area (Å²) < 4.78 is 5.23. The van der Waals surface area contributed by atoms with Gasteiger partial charge in [-0.05, 0) is 26.4 Å². The number of piperidine rings is 1. The van der Waals surface area contributed by atoms with Gasteiger partial charge in [-0.2, -0.15) is 0 Å². The molecule has 82 valence electrons. The van der Waals surface area contributed by atoms with Crippen LogP contribution in [0.25, 0.3) is 0 Å². The fraction of sp³-hybridized carbons (Fsp3) is 1.00. The first-order valence-corrected chi connectivity index (χ1v) is 5.83. The van der Waals surface area contributed by atoms with E-state index >= 15 is 0 Å². The van der Waals surface area contributed by atoms with Crippen LogP contribution in [0.5, 0.6) is 0 Å². The van der Waals surface area contributed by atoms with Crippen molar-refractivity contribution in [3.63, 3.8) is 0 Å². The van der Waals surface area contributed by atoms with E-state index in [1.54, 1.807) is 0 Å². The number of nitrogens with zero attached hydrogens (tertiary/aromatic N) is 2. The van der Waals surface area contributed by atoms with Crippen molar-refractivity contribution < 1.29 is 4.74 Å². The smallest absolute Gasteiger partial charge is 0.0645 e. The van der Waals surface area contributed by atoms with Gasteiger partial charge in [0, 0.05) is 19.1 Å². The third-order valence-electron chi connectivity index (χ3n) is 3.76. The third kappa shape index (κ3) is 2.10. The molecule has 2 saturated heterocycles. The molecular formula is C11H22N2O. The Hall–Kier alpha value is -0.120. The molecule has 0 aliphatic carbocycles. The predicted octanol–water partition coefficient (Wildman–Crippen LogP) is 0.801. The summed E-state index contributed by atoms with van der Waals surface area (Å²) in [5, 5.41) is 0. The minimum atomic E-state index is 0.739. The Morgan fingerprint density at radius 1 is 1.29 bits per heavy atom. The summed E-state index contributed by atoms with van der Waals surface area (Å²) in [6.07, 6.45) is 2.67. The van der Waals surface area contributed by atoms with Gasteiger partial charge in [-0.3, -0.25) is 4.90 Å². The van der Waals surface area contributed by atoms with Gasteiger partial charge in [0.25, 0.3) is 0 Å². The van der Waals surface area contributed by atoms with Gasteiger partial charge in [0.05, 0.1) is 19.3 Å². The molecule has 2 fully saturated rings. The van der Waals surface area contributed by atoms with Gasteiger partial charge in [0.1, 0.15) is 0 Å². The zero-order valence-electron chi connectivity index (χ0n) is 9.41. The molecule has 14 heavy (non-hydrogen) atoms. The Labute approximate surface area is 87.0 Å². The van der Waals surface area contributed by atoms with Crippen molar-refractivity contribution in [3.8, 4) is 0 Å². The minimum absolute atomic E-state index is 0.739. The van der Waals surface area contributed by atoms with Crippen LogP contribution in [0, 0.1) is 0 Å². The Morgan fingerprint density at radius 3 is 2.36 bits per heavy atom. The molecule has 2 heterocycles. The Balaban J connectivity index is 1.74. The van der Waals surface area contributed by atoms with Gasteiger partial charge < -0.3 is 9.64 Å². The summed E-state index contributed by atoms with van der Waals surface area (Å²) in [6.45, 7) is 7.89. The second-order valence-electron chi connectivity index (χ2n) is 4.53. The van der Waals surface area contributed by atoms with E-state index in [1.165, 1.54) is 32.5 Å². The van der Waals surface area contributed by atoms with Crippen LogP contribution in [-0.4, -0.2) is 61.8 Å². The normalized spacial score (nSPS) is 26.8. The maximum absolute atomic E-state index is 5.23. The van der Waals surface area contributed by atoms with Crippen LogP contribution in [0.1, 0.15) is 19.8 Å². The van der Waals surface area contributed by atoms with Crippen molar-refractivity contribution in [1.29, 1.82) is 0 Å². The van der Waals surface area contributed by atoms with E-state index in [-0.39, 0.29) is 0 Å². The highest BCUT2D eigenvalue weighted by Crippen LogP contribution is 2.20. The first-order chi connectivity index (χ1) is 6.81. The van der Waals surface area contributed by atoms with Crippen molar-refractivity contribution in [2.45, 2.75) is 31.8 Å². The number of ether oxygens (including phenoxy) is 1. The molecule has 0 saturated carbocycles. The highest BCUT2D eigenvalue weighted by Gasteiger charge is 2.30. The molecule has 3 heteroatoms. The molecule has 3 nitrogen and oxygen atoms in total. The molecule has 0 atom stereocenters. The van der Waals surface area contributed by atoms with Crippen LogP contribution < -0.4 is 0 Å². The third-order valence-corrected chi connectivity index (χ3v) is 3.76. The van der Waals surface area contributed by atoms with E-state index < -0.39 is 0 Å². The molecule has 0 unspecified atom stereocenters. The largest absolute Gasteiger partial charge is 0.378 e. The first kappa shape index (κ1) is 10.4. The standard InChI is InChI=1S/C11H22N2O/c1-3-12(2)10-4-6-13(7-5-10)11-8-14-9-11/h10-11H,3-9H2,1-2H3. The highest BCUT2D eigenvalue weighted by molar-refractivity contribution is 4.84. The predicted molar refractivity (Wildman–Crippen MR) is 57.5 cm³/mol. The Morgan fingerprint density at radius 2 is 1.93 bits per heavy atom. The molecule has 0 spiro atoms. The molecule has 0 amide bonds. The van der Waals surface area contributed by atoms with E-state index in [0.717, 1.165) is 25.3 Å². The van der Waals surface area contributed by atoms with Crippen LogP contribution in [0.4, 0.5) is 0 Å². The minimum Gasteiger partial charge on any atom is -0.378 e.